The van der Waals surface area contributed by atoms with E-state index in [0.717, 1.165) is 25.7 Å². The number of hydrogen-bond acceptors (Lipinski definition) is 5. The van der Waals surface area contributed by atoms with Crippen LogP contribution >= 0.6 is 27.3 Å². The van der Waals surface area contributed by atoms with Crippen molar-refractivity contribution in [3.8, 4) is 16.2 Å². The summed E-state index contributed by atoms with van der Waals surface area (Å²) in [5.74, 6) is 0.286. The normalized spacial score (nSPS) is 10.3. The summed E-state index contributed by atoms with van der Waals surface area (Å²) in [6.07, 6.45) is 0. The van der Waals surface area contributed by atoms with Crippen LogP contribution < -0.4 is 4.74 Å². The minimum Gasteiger partial charge on any atom is -0.497 e. The standard InChI is InChI=1S/C13H12BrNO3S/c1-7-15-11(13(16)18-3)12(19-7)9-6-8(17-2)4-5-10(9)14/h4-6H,1-3H3. The maximum Gasteiger partial charge on any atom is 0.358 e. The topological polar surface area (TPSA) is 48.4 Å². The van der Waals surface area contributed by atoms with E-state index >= 15 is 0 Å². The van der Waals surface area contributed by atoms with Crippen LogP contribution in [0.3, 0.4) is 0 Å². The van der Waals surface area contributed by atoms with Crippen molar-refractivity contribution in [2.75, 3.05) is 14.2 Å². The van der Waals surface area contributed by atoms with Gasteiger partial charge in [0.05, 0.1) is 24.1 Å². The Bertz CT molecular complexity index is 624. The number of carbonyl (C=O) groups excluding carboxylic acids is 1. The summed E-state index contributed by atoms with van der Waals surface area (Å²) < 4.78 is 10.9. The fourth-order valence-electron chi connectivity index (χ4n) is 1.65. The average Bonchev–Trinajstić information content (AvgIpc) is 2.80. The molecule has 0 aliphatic heterocycles. The molecule has 0 saturated carbocycles. The molecule has 0 aliphatic carbocycles. The zero-order valence-corrected chi connectivity index (χ0v) is 13.1. The zero-order valence-electron chi connectivity index (χ0n) is 10.7. The molecule has 0 saturated heterocycles. The minimum atomic E-state index is -0.436. The molecule has 0 unspecified atom stereocenters. The number of rotatable bonds is 3. The molecule has 1 aromatic carbocycles. The summed E-state index contributed by atoms with van der Waals surface area (Å²) in [4.78, 5) is 16.8. The van der Waals surface area contributed by atoms with Crippen LogP contribution in [0.5, 0.6) is 5.75 Å². The van der Waals surface area contributed by atoms with Gasteiger partial charge in [-0.25, -0.2) is 9.78 Å². The Morgan fingerprint density at radius 1 is 1.37 bits per heavy atom. The van der Waals surface area contributed by atoms with Gasteiger partial charge in [-0.1, -0.05) is 15.9 Å². The Labute approximate surface area is 123 Å². The Morgan fingerprint density at radius 2 is 2.11 bits per heavy atom. The van der Waals surface area contributed by atoms with Gasteiger partial charge in [0.25, 0.3) is 0 Å². The van der Waals surface area contributed by atoms with Crippen molar-refractivity contribution in [2.45, 2.75) is 6.92 Å². The maximum atomic E-state index is 11.8. The van der Waals surface area contributed by atoms with Crippen LogP contribution in [0.4, 0.5) is 0 Å². The number of carbonyl (C=O) groups is 1. The molecule has 6 heteroatoms. The molecule has 1 heterocycles. The van der Waals surface area contributed by atoms with Crippen molar-refractivity contribution in [1.29, 1.82) is 0 Å². The SMILES string of the molecule is COC(=O)c1nc(C)sc1-c1cc(OC)ccc1Br. The second-order valence-electron chi connectivity index (χ2n) is 3.75. The molecule has 1 aromatic heterocycles. The first-order valence-corrected chi connectivity index (χ1v) is 7.07. The summed E-state index contributed by atoms with van der Waals surface area (Å²) >= 11 is 4.93. The van der Waals surface area contributed by atoms with Gasteiger partial charge in [-0.15, -0.1) is 11.3 Å². The van der Waals surface area contributed by atoms with E-state index in [1.807, 2.05) is 25.1 Å². The second kappa shape index (κ2) is 5.71. The summed E-state index contributed by atoms with van der Waals surface area (Å²) in [5, 5.41) is 0.810. The lowest BCUT2D eigenvalue weighted by molar-refractivity contribution is 0.0595. The smallest absolute Gasteiger partial charge is 0.358 e. The zero-order chi connectivity index (χ0) is 14.0. The van der Waals surface area contributed by atoms with Crippen molar-refractivity contribution in [3.05, 3.63) is 33.4 Å². The number of nitrogens with zero attached hydrogens (tertiary/aromatic N) is 1. The van der Waals surface area contributed by atoms with Crippen LogP contribution in [0.2, 0.25) is 0 Å². The fraction of sp³-hybridized carbons (Fsp3) is 0.231. The lowest BCUT2D eigenvalue weighted by Crippen LogP contribution is -2.03. The van der Waals surface area contributed by atoms with Crippen LogP contribution in [-0.2, 0) is 4.74 Å². The third-order valence-electron chi connectivity index (χ3n) is 2.53. The van der Waals surface area contributed by atoms with Gasteiger partial charge in [0, 0.05) is 10.0 Å². The fourth-order valence-corrected chi connectivity index (χ4v) is 3.16. The molecule has 0 fully saturated rings. The number of halogens is 1. The highest BCUT2D eigenvalue weighted by molar-refractivity contribution is 9.10. The van der Waals surface area contributed by atoms with Crippen LogP contribution in [0.1, 0.15) is 15.5 Å². The van der Waals surface area contributed by atoms with E-state index < -0.39 is 5.97 Å². The predicted molar refractivity (Wildman–Crippen MR) is 77.9 cm³/mol. The molecule has 2 aromatic rings. The highest BCUT2D eigenvalue weighted by Crippen LogP contribution is 2.37. The van der Waals surface area contributed by atoms with E-state index in [2.05, 4.69) is 20.9 Å². The third-order valence-corrected chi connectivity index (χ3v) is 4.23. The molecular formula is C13H12BrNO3S. The van der Waals surface area contributed by atoms with Crippen molar-refractivity contribution < 1.29 is 14.3 Å². The first kappa shape index (κ1) is 14.0. The molecule has 2 rings (SSSR count). The molecule has 0 amide bonds. The highest BCUT2D eigenvalue weighted by Gasteiger charge is 2.20. The van der Waals surface area contributed by atoms with Gasteiger partial charge in [-0.05, 0) is 25.1 Å². The Balaban J connectivity index is 2.61. The number of hydrogen-bond donors (Lipinski definition) is 0. The molecule has 19 heavy (non-hydrogen) atoms. The second-order valence-corrected chi connectivity index (χ2v) is 5.81. The molecule has 0 aliphatic rings. The van der Waals surface area contributed by atoms with E-state index in [9.17, 15) is 4.79 Å². The Kier molecular flexibility index (Phi) is 4.21. The number of ether oxygens (including phenoxy) is 2. The van der Waals surface area contributed by atoms with Crippen molar-refractivity contribution in [3.63, 3.8) is 0 Å². The average molecular weight is 342 g/mol. The first-order valence-electron chi connectivity index (χ1n) is 5.46. The van der Waals surface area contributed by atoms with Crippen LogP contribution in [0.25, 0.3) is 10.4 Å². The molecular weight excluding hydrogens is 330 g/mol. The third kappa shape index (κ3) is 2.79. The quantitative estimate of drug-likeness (QED) is 0.799. The lowest BCUT2D eigenvalue weighted by atomic mass is 10.1. The number of thiazole rings is 1. The Hall–Kier alpha value is -1.40. The molecule has 0 bridgehead atoms. The summed E-state index contributed by atoms with van der Waals surface area (Å²) in [6, 6.07) is 5.59. The summed E-state index contributed by atoms with van der Waals surface area (Å²) in [7, 11) is 2.95. The Morgan fingerprint density at radius 3 is 2.74 bits per heavy atom. The van der Waals surface area contributed by atoms with Gasteiger partial charge in [-0.3, -0.25) is 0 Å². The predicted octanol–water partition coefficient (Wildman–Crippen LogP) is 3.68. The van der Waals surface area contributed by atoms with Crippen molar-refractivity contribution >= 4 is 33.2 Å². The molecule has 0 radical (unpaired) electrons. The number of aromatic nitrogens is 1. The van der Waals surface area contributed by atoms with Gasteiger partial charge in [0.2, 0.25) is 0 Å². The number of aryl methyl sites for hydroxylation is 1. The van der Waals surface area contributed by atoms with Gasteiger partial charge in [0.15, 0.2) is 5.69 Å². The molecule has 0 spiro atoms. The van der Waals surface area contributed by atoms with Gasteiger partial charge in [0.1, 0.15) is 5.75 Å². The monoisotopic (exact) mass is 341 g/mol. The van der Waals surface area contributed by atoms with Crippen LogP contribution in [0.15, 0.2) is 22.7 Å². The van der Waals surface area contributed by atoms with E-state index in [1.54, 1.807) is 7.11 Å². The van der Waals surface area contributed by atoms with Crippen molar-refractivity contribution in [2.24, 2.45) is 0 Å². The van der Waals surface area contributed by atoms with Crippen LogP contribution in [0, 0.1) is 6.92 Å². The van der Waals surface area contributed by atoms with Gasteiger partial charge < -0.3 is 9.47 Å². The largest absolute Gasteiger partial charge is 0.497 e. The molecule has 100 valence electrons. The maximum absolute atomic E-state index is 11.8. The highest BCUT2D eigenvalue weighted by atomic mass is 79.9. The number of benzene rings is 1. The minimum absolute atomic E-state index is 0.332. The van der Waals surface area contributed by atoms with Crippen molar-refractivity contribution in [1.82, 2.24) is 4.98 Å². The molecule has 0 atom stereocenters. The van der Waals surface area contributed by atoms with Crippen LogP contribution in [-0.4, -0.2) is 25.2 Å². The van der Waals surface area contributed by atoms with E-state index in [0.29, 0.717) is 5.69 Å². The molecule has 4 nitrogen and oxygen atoms in total. The molecule has 0 N–H and O–H groups in total. The van der Waals surface area contributed by atoms with Gasteiger partial charge in [-0.2, -0.15) is 0 Å². The lowest BCUT2D eigenvalue weighted by Gasteiger charge is -2.06. The summed E-state index contributed by atoms with van der Waals surface area (Å²) in [5.41, 5.74) is 1.20. The van der Waals surface area contributed by atoms with E-state index in [-0.39, 0.29) is 0 Å². The summed E-state index contributed by atoms with van der Waals surface area (Å²) in [6.45, 7) is 1.86. The number of esters is 1. The number of methoxy groups -OCH3 is 2. The first-order chi connectivity index (χ1) is 9.06. The van der Waals surface area contributed by atoms with Gasteiger partial charge >= 0.3 is 5.97 Å². The van der Waals surface area contributed by atoms with E-state index in [1.165, 1.54) is 18.4 Å². The van der Waals surface area contributed by atoms with E-state index in [4.69, 9.17) is 9.47 Å².